The molecule has 0 aromatic carbocycles. The topological polar surface area (TPSA) is 64.2 Å². The highest BCUT2D eigenvalue weighted by atomic mass is 16.4. The molecule has 0 N–H and O–H groups in total. The Kier molecular flexibility index (Phi) is 4.73. The lowest BCUT2D eigenvalue weighted by atomic mass is 9.98. The molecule has 0 fully saturated rings. The number of amides is 1. The van der Waals surface area contributed by atoms with E-state index >= 15 is 0 Å². The van der Waals surface area contributed by atoms with Gasteiger partial charge in [-0.2, -0.15) is 5.10 Å². The lowest BCUT2D eigenvalue weighted by Crippen LogP contribution is -2.39. The van der Waals surface area contributed by atoms with Gasteiger partial charge in [-0.3, -0.25) is 9.48 Å². The number of carbonyl (C=O) groups excluding carboxylic acids is 1. The van der Waals surface area contributed by atoms with Gasteiger partial charge in [0.05, 0.1) is 6.20 Å². The summed E-state index contributed by atoms with van der Waals surface area (Å²) < 4.78 is 7.71. The van der Waals surface area contributed by atoms with Crippen LogP contribution in [-0.2, 0) is 24.3 Å². The minimum atomic E-state index is 0.111. The van der Waals surface area contributed by atoms with Gasteiger partial charge < -0.3 is 9.32 Å². The van der Waals surface area contributed by atoms with E-state index in [9.17, 15) is 4.79 Å². The van der Waals surface area contributed by atoms with Gasteiger partial charge in [0.15, 0.2) is 5.69 Å². The van der Waals surface area contributed by atoms with Crippen molar-refractivity contribution < 1.29 is 9.21 Å². The van der Waals surface area contributed by atoms with E-state index in [1.807, 2.05) is 16.5 Å². The Morgan fingerprint density at radius 1 is 1.33 bits per heavy atom. The maximum absolute atomic E-state index is 12.8. The summed E-state index contributed by atoms with van der Waals surface area (Å²) in [7, 11) is 0. The van der Waals surface area contributed by atoms with E-state index in [0.717, 1.165) is 49.4 Å². The Balaban J connectivity index is 1.95. The molecule has 0 aliphatic carbocycles. The van der Waals surface area contributed by atoms with E-state index in [2.05, 4.69) is 25.8 Å². The Morgan fingerprint density at radius 2 is 2.08 bits per heavy atom. The summed E-state index contributed by atoms with van der Waals surface area (Å²) >= 11 is 0. The fraction of sp³-hybridized carbons (Fsp3) is 0.611. The summed E-state index contributed by atoms with van der Waals surface area (Å²) in [5.41, 5.74) is 3.07. The number of carbonyl (C=O) groups is 1. The molecule has 0 atom stereocenters. The van der Waals surface area contributed by atoms with Gasteiger partial charge in [-0.15, -0.1) is 0 Å². The van der Waals surface area contributed by atoms with Crippen LogP contribution in [0.15, 0.2) is 10.6 Å². The van der Waals surface area contributed by atoms with Gasteiger partial charge in [0.25, 0.3) is 0 Å². The third kappa shape index (κ3) is 2.85. The van der Waals surface area contributed by atoms with Crippen LogP contribution >= 0.6 is 0 Å². The highest BCUT2D eigenvalue weighted by Gasteiger charge is 2.31. The molecule has 2 aromatic heterocycles. The molecule has 3 heterocycles. The van der Waals surface area contributed by atoms with Crippen LogP contribution in [0.1, 0.15) is 50.6 Å². The zero-order valence-electron chi connectivity index (χ0n) is 15.0. The van der Waals surface area contributed by atoms with Crippen molar-refractivity contribution in [1.82, 2.24) is 19.7 Å². The zero-order valence-corrected chi connectivity index (χ0v) is 15.0. The van der Waals surface area contributed by atoms with Crippen molar-refractivity contribution >= 4 is 5.91 Å². The van der Waals surface area contributed by atoms with Crippen LogP contribution < -0.4 is 0 Å². The van der Waals surface area contributed by atoms with Crippen LogP contribution in [-0.4, -0.2) is 32.1 Å². The first kappa shape index (κ1) is 16.7. The van der Waals surface area contributed by atoms with E-state index in [1.54, 1.807) is 6.20 Å². The summed E-state index contributed by atoms with van der Waals surface area (Å²) in [5, 5.41) is 4.70. The van der Waals surface area contributed by atoms with Crippen LogP contribution in [0, 0.1) is 12.8 Å². The van der Waals surface area contributed by atoms with E-state index in [-0.39, 0.29) is 11.8 Å². The van der Waals surface area contributed by atoms with Crippen molar-refractivity contribution in [3.05, 3.63) is 23.2 Å². The van der Waals surface area contributed by atoms with Gasteiger partial charge in [0, 0.05) is 43.2 Å². The molecule has 2 aromatic rings. The van der Waals surface area contributed by atoms with E-state index < -0.39 is 0 Å². The van der Waals surface area contributed by atoms with Crippen molar-refractivity contribution in [2.75, 3.05) is 6.54 Å². The van der Waals surface area contributed by atoms with Gasteiger partial charge >= 0.3 is 0 Å². The predicted octanol–water partition coefficient (Wildman–Crippen LogP) is 3.19. The normalized spacial score (nSPS) is 14.3. The van der Waals surface area contributed by atoms with Crippen LogP contribution in [0.4, 0.5) is 0 Å². The van der Waals surface area contributed by atoms with Crippen molar-refractivity contribution in [2.45, 2.75) is 60.0 Å². The van der Waals surface area contributed by atoms with Crippen LogP contribution in [0.3, 0.4) is 0 Å². The van der Waals surface area contributed by atoms with Crippen molar-refractivity contribution in [3.8, 4) is 11.6 Å². The number of aryl methyl sites for hydroxylation is 2. The Labute approximate surface area is 142 Å². The molecular weight excluding hydrogens is 304 g/mol. The smallest absolute Gasteiger partial charge is 0.247 e. The van der Waals surface area contributed by atoms with Crippen molar-refractivity contribution in [2.24, 2.45) is 5.92 Å². The molecule has 6 nitrogen and oxygen atoms in total. The van der Waals surface area contributed by atoms with Gasteiger partial charge in [-0.1, -0.05) is 13.8 Å². The fourth-order valence-corrected chi connectivity index (χ4v) is 3.47. The fourth-order valence-electron chi connectivity index (χ4n) is 3.47. The van der Waals surface area contributed by atoms with Crippen LogP contribution in [0.5, 0.6) is 0 Å². The van der Waals surface area contributed by atoms with E-state index in [0.29, 0.717) is 12.4 Å². The van der Waals surface area contributed by atoms with Gasteiger partial charge in [-0.05, 0) is 26.7 Å². The Hall–Kier alpha value is -2.11. The molecule has 6 heteroatoms. The Bertz CT molecular complexity index is 727. The van der Waals surface area contributed by atoms with Gasteiger partial charge in [0.1, 0.15) is 5.76 Å². The highest BCUT2D eigenvalue weighted by Crippen LogP contribution is 2.30. The average molecular weight is 330 g/mol. The summed E-state index contributed by atoms with van der Waals surface area (Å²) in [4.78, 5) is 19.1. The van der Waals surface area contributed by atoms with Crippen LogP contribution in [0.25, 0.3) is 11.6 Å². The SMILES string of the molecule is CCC(CC)C(=O)N1CCc2c(c(-c3ncc(C)o3)nn2CC)C1. The predicted molar refractivity (Wildman–Crippen MR) is 91.3 cm³/mol. The molecule has 1 amide bonds. The number of hydrogen-bond acceptors (Lipinski definition) is 4. The number of aromatic nitrogens is 3. The number of oxazole rings is 1. The molecule has 24 heavy (non-hydrogen) atoms. The lowest BCUT2D eigenvalue weighted by molar-refractivity contribution is -0.136. The molecule has 0 spiro atoms. The first-order valence-corrected chi connectivity index (χ1v) is 8.89. The van der Waals surface area contributed by atoms with Gasteiger partial charge in [0.2, 0.25) is 11.8 Å². The number of nitrogens with zero attached hydrogens (tertiary/aromatic N) is 4. The van der Waals surface area contributed by atoms with Gasteiger partial charge in [-0.25, -0.2) is 4.98 Å². The van der Waals surface area contributed by atoms with E-state index in [1.165, 1.54) is 5.69 Å². The lowest BCUT2D eigenvalue weighted by Gasteiger charge is -2.30. The molecule has 0 bridgehead atoms. The van der Waals surface area contributed by atoms with E-state index in [4.69, 9.17) is 9.52 Å². The average Bonchev–Trinajstić information content (AvgIpc) is 3.18. The first-order chi connectivity index (χ1) is 11.6. The number of hydrogen-bond donors (Lipinski definition) is 0. The second-order valence-corrected chi connectivity index (χ2v) is 6.39. The quantitative estimate of drug-likeness (QED) is 0.844. The van der Waals surface area contributed by atoms with Crippen molar-refractivity contribution in [1.29, 1.82) is 0 Å². The second kappa shape index (κ2) is 6.79. The number of fused-ring (bicyclic) bond motifs is 1. The highest BCUT2D eigenvalue weighted by molar-refractivity contribution is 5.79. The second-order valence-electron chi connectivity index (χ2n) is 6.39. The molecule has 0 unspecified atom stereocenters. The third-order valence-corrected chi connectivity index (χ3v) is 4.90. The summed E-state index contributed by atoms with van der Waals surface area (Å²) in [6.07, 6.45) is 4.32. The molecule has 1 aliphatic heterocycles. The minimum Gasteiger partial charge on any atom is -0.440 e. The monoisotopic (exact) mass is 330 g/mol. The largest absolute Gasteiger partial charge is 0.440 e. The first-order valence-electron chi connectivity index (χ1n) is 8.89. The summed E-state index contributed by atoms with van der Waals surface area (Å²) in [6.45, 7) is 10.3. The summed E-state index contributed by atoms with van der Waals surface area (Å²) in [6, 6.07) is 0. The minimum absolute atomic E-state index is 0.111. The molecular formula is C18H26N4O2. The molecule has 130 valence electrons. The molecule has 0 saturated carbocycles. The maximum atomic E-state index is 12.8. The summed E-state index contributed by atoms with van der Waals surface area (Å²) in [5.74, 6) is 1.68. The third-order valence-electron chi connectivity index (χ3n) is 4.90. The van der Waals surface area contributed by atoms with Crippen molar-refractivity contribution in [3.63, 3.8) is 0 Å². The molecule has 3 rings (SSSR count). The zero-order chi connectivity index (χ0) is 17.3. The number of rotatable bonds is 5. The maximum Gasteiger partial charge on any atom is 0.247 e. The molecule has 0 saturated heterocycles. The Morgan fingerprint density at radius 3 is 2.67 bits per heavy atom. The molecule has 0 radical (unpaired) electrons. The molecule has 1 aliphatic rings. The van der Waals surface area contributed by atoms with Crippen LogP contribution in [0.2, 0.25) is 0 Å². The standard InChI is InChI=1S/C18H26N4O2/c1-5-13(6-2)18(23)21-9-8-15-14(11-21)16(20-22(15)7-3)17-19-10-12(4)24-17/h10,13H,5-9,11H2,1-4H3.